The van der Waals surface area contributed by atoms with E-state index in [2.05, 4.69) is 167 Å². The Balaban J connectivity index is 4.48. The van der Waals surface area contributed by atoms with Crippen LogP contribution in [0, 0.1) is 0 Å². The lowest BCUT2D eigenvalue weighted by atomic mass is 10.0. The number of esters is 3. The van der Waals surface area contributed by atoms with E-state index in [1.165, 1.54) is 64.2 Å². The third-order valence-electron chi connectivity index (χ3n) is 11.8. The zero-order chi connectivity index (χ0) is 52.9. The standard InChI is InChI=1S/C67H106O6/c1-4-7-10-13-16-19-22-25-27-28-29-30-31-32-33-34-35-36-37-38-40-42-45-48-51-54-57-60-66(69)72-63-64(62-71-65(68)59-56-53-50-47-44-41-24-21-18-15-12-9-6-3)73-67(70)61-58-55-52-49-46-43-39-26-23-20-17-14-11-8-5-2/h7-8,10-11,16-17,19-20,25-27,29-30,32-33,35-36,38-40,45-46,48-49,64H,4-6,9,12-15,18,21-24,28,31,34,37,41-44,47,50-63H2,1-3H3/b10-7-,11-8-,19-16-,20-17-,27-25-,30-29-,33-32-,36-35-,39-26-,40-38-,48-45-,49-46-. The van der Waals surface area contributed by atoms with E-state index < -0.39 is 6.10 Å². The smallest absolute Gasteiger partial charge is 0.306 e. The summed E-state index contributed by atoms with van der Waals surface area (Å²) in [6.45, 7) is 6.33. The van der Waals surface area contributed by atoms with E-state index in [9.17, 15) is 14.4 Å². The first-order chi connectivity index (χ1) is 36.0. The number of allylic oxidation sites excluding steroid dienone is 24. The van der Waals surface area contributed by atoms with Gasteiger partial charge in [0.25, 0.3) is 0 Å². The van der Waals surface area contributed by atoms with Crippen molar-refractivity contribution in [2.24, 2.45) is 0 Å². The van der Waals surface area contributed by atoms with Crippen LogP contribution in [0.3, 0.4) is 0 Å². The Labute approximate surface area is 448 Å². The fourth-order valence-corrected chi connectivity index (χ4v) is 7.51. The van der Waals surface area contributed by atoms with Crippen LogP contribution in [0.15, 0.2) is 146 Å². The van der Waals surface area contributed by atoms with Gasteiger partial charge in [0, 0.05) is 19.3 Å². The number of carbonyl (C=O) groups is 3. The van der Waals surface area contributed by atoms with E-state index in [-0.39, 0.29) is 44.0 Å². The first kappa shape index (κ1) is 68.3. The second-order valence-corrected chi connectivity index (χ2v) is 18.8. The lowest BCUT2D eigenvalue weighted by Crippen LogP contribution is -2.30. The maximum absolute atomic E-state index is 12.8. The van der Waals surface area contributed by atoms with Crippen molar-refractivity contribution in [2.45, 2.75) is 245 Å². The summed E-state index contributed by atoms with van der Waals surface area (Å²) in [4.78, 5) is 38.1. The van der Waals surface area contributed by atoms with E-state index in [1.807, 2.05) is 0 Å². The van der Waals surface area contributed by atoms with Crippen molar-refractivity contribution in [1.82, 2.24) is 0 Å². The molecule has 0 fully saturated rings. The Morgan fingerprint density at radius 2 is 0.534 bits per heavy atom. The number of carbonyl (C=O) groups excluding carboxylic acids is 3. The average molecular weight is 1010 g/mol. The molecule has 0 N–H and O–H groups in total. The first-order valence-electron chi connectivity index (χ1n) is 29.3. The van der Waals surface area contributed by atoms with Gasteiger partial charge in [0.1, 0.15) is 13.2 Å². The summed E-state index contributed by atoms with van der Waals surface area (Å²) in [5.74, 6) is -1.01. The fraction of sp³-hybridized carbons (Fsp3) is 0.597. The third kappa shape index (κ3) is 58.1. The monoisotopic (exact) mass is 1010 g/mol. The minimum absolute atomic E-state index is 0.112. The van der Waals surface area contributed by atoms with Crippen molar-refractivity contribution in [3.63, 3.8) is 0 Å². The van der Waals surface area contributed by atoms with Gasteiger partial charge in [0.2, 0.25) is 0 Å². The summed E-state index contributed by atoms with van der Waals surface area (Å²) in [6.07, 6.45) is 85.6. The quantitative estimate of drug-likeness (QED) is 0.0261. The van der Waals surface area contributed by atoms with Gasteiger partial charge in [-0.1, -0.05) is 244 Å². The molecular weight excluding hydrogens is 901 g/mol. The average Bonchev–Trinajstić information content (AvgIpc) is 3.39. The third-order valence-corrected chi connectivity index (χ3v) is 11.8. The Bertz CT molecular complexity index is 1630. The molecule has 6 nitrogen and oxygen atoms in total. The van der Waals surface area contributed by atoms with Gasteiger partial charge in [-0.15, -0.1) is 0 Å². The highest BCUT2D eigenvalue weighted by molar-refractivity contribution is 5.71. The van der Waals surface area contributed by atoms with Gasteiger partial charge in [-0.05, 0) is 122 Å². The fourth-order valence-electron chi connectivity index (χ4n) is 7.51. The molecule has 6 heteroatoms. The Morgan fingerprint density at radius 3 is 0.836 bits per heavy atom. The summed E-state index contributed by atoms with van der Waals surface area (Å²) in [5.41, 5.74) is 0. The molecule has 0 rings (SSSR count). The van der Waals surface area contributed by atoms with Crippen LogP contribution in [-0.4, -0.2) is 37.2 Å². The molecule has 0 saturated carbocycles. The van der Waals surface area contributed by atoms with Crippen molar-refractivity contribution in [3.05, 3.63) is 146 Å². The van der Waals surface area contributed by atoms with Crippen molar-refractivity contribution >= 4 is 17.9 Å². The van der Waals surface area contributed by atoms with Crippen molar-refractivity contribution in [2.75, 3.05) is 13.2 Å². The molecule has 1 atom stereocenters. The molecule has 0 aromatic carbocycles. The van der Waals surface area contributed by atoms with Gasteiger partial charge in [0.15, 0.2) is 6.10 Å². The minimum Gasteiger partial charge on any atom is -0.462 e. The van der Waals surface area contributed by atoms with Crippen molar-refractivity contribution < 1.29 is 28.6 Å². The van der Waals surface area contributed by atoms with Gasteiger partial charge in [-0.2, -0.15) is 0 Å². The van der Waals surface area contributed by atoms with E-state index in [0.717, 1.165) is 122 Å². The Hall–Kier alpha value is -4.71. The van der Waals surface area contributed by atoms with Crippen molar-refractivity contribution in [1.29, 1.82) is 0 Å². The molecule has 0 radical (unpaired) electrons. The van der Waals surface area contributed by atoms with Gasteiger partial charge >= 0.3 is 17.9 Å². The topological polar surface area (TPSA) is 78.9 Å². The number of ether oxygens (including phenoxy) is 3. The molecule has 1 unspecified atom stereocenters. The SMILES string of the molecule is CC/C=C\C/C=C\C/C=C\C/C=C\C/C=C\C/C=C\C/C=C\C/C=C\CCCCC(=O)OCC(COC(=O)CCCCCCCCCCCCCCC)OC(=O)CCCC/C=C\C/C=C\C/C=C\C/C=C\CC. The normalized spacial score (nSPS) is 13.2. The second-order valence-electron chi connectivity index (χ2n) is 18.8. The molecule has 0 aromatic rings. The van der Waals surface area contributed by atoms with E-state index in [1.54, 1.807) is 0 Å². The van der Waals surface area contributed by atoms with Crippen LogP contribution in [0.25, 0.3) is 0 Å². The molecule has 0 aliphatic rings. The minimum atomic E-state index is -0.822. The van der Waals surface area contributed by atoms with Crippen LogP contribution in [0.2, 0.25) is 0 Å². The van der Waals surface area contributed by atoms with Gasteiger partial charge < -0.3 is 14.2 Å². The van der Waals surface area contributed by atoms with Crippen LogP contribution >= 0.6 is 0 Å². The van der Waals surface area contributed by atoms with E-state index in [0.29, 0.717) is 19.3 Å². The Morgan fingerprint density at radius 1 is 0.288 bits per heavy atom. The van der Waals surface area contributed by atoms with Crippen LogP contribution in [0.5, 0.6) is 0 Å². The maximum Gasteiger partial charge on any atom is 0.306 e. The molecule has 0 bridgehead atoms. The van der Waals surface area contributed by atoms with Crippen LogP contribution in [0.1, 0.15) is 239 Å². The zero-order valence-corrected chi connectivity index (χ0v) is 46.8. The predicted molar refractivity (Wildman–Crippen MR) is 315 cm³/mol. The predicted octanol–water partition coefficient (Wildman–Crippen LogP) is 20.0. The molecule has 0 aromatic heterocycles. The maximum atomic E-state index is 12.8. The van der Waals surface area contributed by atoms with E-state index >= 15 is 0 Å². The highest BCUT2D eigenvalue weighted by Gasteiger charge is 2.19. The van der Waals surface area contributed by atoms with Crippen LogP contribution < -0.4 is 0 Å². The van der Waals surface area contributed by atoms with Gasteiger partial charge in [-0.25, -0.2) is 0 Å². The molecule has 0 aliphatic heterocycles. The van der Waals surface area contributed by atoms with E-state index in [4.69, 9.17) is 14.2 Å². The van der Waals surface area contributed by atoms with Crippen LogP contribution in [0.4, 0.5) is 0 Å². The van der Waals surface area contributed by atoms with Crippen LogP contribution in [-0.2, 0) is 28.6 Å². The largest absolute Gasteiger partial charge is 0.462 e. The number of rotatable bonds is 51. The summed E-state index contributed by atoms with van der Waals surface area (Å²) in [6, 6.07) is 0. The molecule has 0 spiro atoms. The molecule has 0 heterocycles. The highest BCUT2D eigenvalue weighted by atomic mass is 16.6. The lowest BCUT2D eigenvalue weighted by molar-refractivity contribution is -0.167. The zero-order valence-electron chi connectivity index (χ0n) is 46.8. The molecule has 410 valence electrons. The summed E-state index contributed by atoms with van der Waals surface area (Å²) < 4.78 is 16.8. The van der Waals surface area contributed by atoms with Crippen molar-refractivity contribution in [3.8, 4) is 0 Å². The lowest BCUT2D eigenvalue weighted by Gasteiger charge is -2.18. The highest BCUT2D eigenvalue weighted by Crippen LogP contribution is 2.14. The number of unbranched alkanes of at least 4 members (excludes halogenated alkanes) is 16. The summed E-state index contributed by atoms with van der Waals surface area (Å²) in [5, 5.41) is 0. The molecule has 0 saturated heterocycles. The second kappa shape index (κ2) is 59.8. The molecule has 73 heavy (non-hydrogen) atoms. The van der Waals surface area contributed by atoms with Gasteiger partial charge in [-0.3, -0.25) is 14.4 Å². The molecular formula is C67H106O6. The molecule has 0 amide bonds. The number of hydrogen-bond donors (Lipinski definition) is 0. The summed E-state index contributed by atoms with van der Waals surface area (Å²) >= 11 is 0. The Kier molecular flexibility index (Phi) is 56.0. The summed E-state index contributed by atoms with van der Waals surface area (Å²) in [7, 11) is 0. The molecule has 0 aliphatic carbocycles. The van der Waals surface area contributed by atoms with Gasteiger partial charge in [0.05, 0.1) is 0 Å². The number of hydrogen-bond acceptors (Lipinski definition) is 6. The first-order valence-corrected chi connectivity index (χ1v) is 29.3.